The Morgan fingerprint density at radius 1 is 0.968 bits per heavy atom. The van der Waals surface area contributed by atoms with E-state index in [1.54, 1.807) is 60.5 Å². The first kappa shape index (κ1) is 20.0. The fourth-order valence-electron chi connectivity index (χ4n) is 2.80. The van der Waals surface area contributed by atoms with Gasteiger partial charge in [-0.1, -0.05) is 0 Å². The van der Waals surface area contributed by atoms with E-state index in [2.05, 4.69) is 30.9 Å². The van der Waals surface area contributed by atoms with Crippen LogP contribution < -0.4 is 16.0 Å². The molecule has 4 rings (SSSR count). The lowest BCUT2D eigenvalue weighted by Crippen LogP contribution is -2.20. The summed E-state index contributed by atoms with van der Waals surface area (Å²) in [7, 11) is 0. The Bertz CT molecular complexity index is 1210. The van der Waals surface area contributed by atoms with Crippen LogP contribution in [-0.2, 0) is 0 Å². The number of imidazole rings is 1. The molecular weight excluding hydrogens is 404 g/mol. The first-order valence-corrected chi connectivity index (χ1v) is 9.20. The zero-order valence-corrected chi connectivity index (χ0v) is 16.3. The maximum atomic E-state index is 13.7. The number of anilines is 4. The number of benzene rings is 2. The predicted octanol–water partition coefficient (Wildman–Crippen LogP) is 4.64. The summed E-state index contributed by atoms with van der Waals surface area (Å²) >= 11 is 0. The van der Waals surface area contributed by atoms with Crippen molar-refractivity contribution in [2.75, 3.05) is 16.0 Å². The molecule has 2 amide bonds. The Hall–Kier alpha value is -4.34. The molecule has 0 aliphatic rings. The normalized spacial score (nSPS) is 10.5. The number of carbonyl (C=O) groups is 1. The molecule has 31 heavy (non-hydrogen) atoms. The molecule has 0 unspecified atom stereocenters. The Kier molecular flexibility index (Phi) is 5.52. The average molecular weight is 421 g/mol. The second-order valence-electron chi connectivity index (χ2n) is 6.53. The molecule has 4 aromatic rings. The second kappa shape index (κ2) is 8.57. The molecule has 0 saturated carbocycles. The predicted molar refractivity (Wildman–Crippen MR) is 113 cm³/mol. The number of hydrogen-bond donors (Lipinski definition) is 3. The van der Waals surface area contributed by atoms with Gasteiger partial charge in [0.05, 0.1) is 5.69 Å². The molecule has 2 aromatic heterocycles. The number of aryl methyl sites for hydroxylation is 1. The van der Waals surface area contributed by atoms with Gasteiger partial charge in [-0.05, 0) is 43.3 Å². The van der Waals surface area contributed by atoms with Crippen LogP contribution in [0.5, 0.6) is 0 Å². The number of nitrogens with zero attached hydrogens (tertiary/aromatic N) is 4. The third kappa shape index (κ3) is 4.99. The summed E-state index contributed by atoms with van der Waals surface area (Å²) in [6.07, 6.45) is 5.10. The van der Waals surface area contributed by atoms with Crippen molar-refractivity contribution in [3.8, 4) is 5.82 Å². The van der Waals surface area contributed by atoms with Crippen molar-refractivity contribution in [3.05, 3.63) is 84.7 Å². The van der Waals surface area contributed by atoms with E-state index in [-0.39, 0.29) is 5.69 Å². The van der Waals surface area contributed by atoms with Crippen molar-refractivity contribution < 1.29 is 13.6 Å². The fourth-order valence-corrected chi connectivity index (χ4v) is 2.80. The lowest BCUT2D eigenvalue weighted by molar-refractivity contribution is 0.262. The number of carbonyl (C=O) groups excluding carboxylic acids is 1. The first-order valence-electron chi connectivity index (χ1n) is 9.20. The summed E-state index contributed by atoms with van der Waals surface area (Å²) in [5.41, 5.74) is 1.11. The van der Waals surface area contributed by atoms with E-state index in [0.29, 0.717) is 29.2 Å². The number of rotatable bonds is 5. The maximum absolute atomic E-state index is 13.7. The van der Waals surface area contributed by atoms with Crippen molar-refractivity contribution >= 4 is 28.9 Å². The highest BCUT2D eigenvalue weighted by molar-refractivity contribution is 5.99. The van der Waals surface area contributed by atoms with E-state index in [0.717, 1.165) is 17.8 Å². The number of nitrogens with one attached hydrogen (secondary N) is 3. The maximum Gasteiger partial charge on any atom is 0.323 e. The van der Waals surface area contributed by atoms with Gasteiger partial charge in [0.15, 0.2) is 0 Å². The number of hydrogen-bond acceptors (Lipinski definition) is 5. The fraction of sp³-hybridized carbons (Fsp3) is 0.0476. The van der Waals surface area contributed by atoms with Crippen molar-refractivity contribution in [1.82, 2.24) is 19.5 Å². The molecule has 3 N–H and O–H groups in total. The van der Waals surface area contributed by atoms with Crippen LogP contribution in [-0.4, -0.2) is 25.6 Å². The van der Waals surface area contributed by atoms with Crippen LogP contribution in [0.2, 0.25) is 0 Å². The van der Waals surface area contributed by atoms with Gasteiger partial charge in [-0.25, -0.2) is 28.5 Å². The lowest BCUT2D eigenvalue weighted by Gasteiger charge is -2.11. The SMILES string of the molecule is Cc1nc(Nc2ccc(NC(=O)Nc3ccc(F)cc3F)cc2)cc(-n2ccnc2)n1. The molecule has 0 fully saturated rings. The Labute approximate surface area is 176 Å². The Morgan fingerprint density at radius 3 is 2.45 bits per heavy atom. The van der Waals surface area contributed by atoms with Gasteiger partial charge >= 0.3 is 6.03 Å². The van der Waals surface area contributed by atoms with Crippen molar-refractivity contribution in [2.24, 2.45) is 0 Å². The van der Waals surface area contributed by atoms with E-state index in [1.807, 2.05) is 0 Å². The molecule has 2 heterocycles. The third-order valence-corrected chi connectivity index (χ3v) is 4.19. The van der Waals surface area contributed by atoms with Crippen LogP contribution in [0.1, 0.15) is 5.82 Å². The summed E-state index contributed by atoms with van der Waals surface area (Å²) in [6.45, 7) is 1.79. The molecule has 8 nitrogen and oxygen atoms in total. The molecule has 0 spiro atoms. The van der Waals surface area contributed by atoms with E-state index in [9.17, 15) is 13.6 Å². The molecule has 0 atom stereocenters. The van der Waals surface area contributed by atoms with Crippen LogP contribution in [0.4, 0.5) is 36.5 Å². The smallest absolute Gasteiger partial charge is 0.323 e. The molecule has 156 valence electrons. The minimum absolute atomic E-state index is 0.120. The minimum atomic E-state index is -0.857. The van der Waals surface area contributed by atoms with Gasteiger partial charge in [-0.2, -0.15) is 0 Å². The standard InChI is InChI=1S/C21H17F2N7O/c1-13-25-19(11-20(26-13)30-9-8-24-12-30)27-15-3-5-16(6-4-15)28-21(31)29-18-7-2-14(22)10-17(18)23/h2-12H,1H3,(H,25,26,27)(H2,28,29,31). The number of amides is 2. The van der Waals surface area contributed by atoms with E-state index in [4.69, 9.17) is 0 Å². The number of urea groups is 1. The van der Waals surface area contributed by atoms with Crippen LogP contribution in [0.25, 0.3) is 5.82 Å². The largest absolute Gasteiger partial charge is 0.340 e. The van der Waals surface area contributed by atoms with E-state index < -0.39 is 17.7 Å². The van der Waals surface area contributed by atoms with Crippen LogP contribution >= 0.6 is 0 Å². The first-order chi connectivity index (χ1) is 15.0. The molecule has 2 aromatic carbocycles. The Balaban J connectivity index is 1.41. The second-order valence-corrected chi connectivity index (χ2v) is 6.53. The molecular formula is C21H17F2N7O. The Morgan fingerprint density at radius 2 is 1.74 bits per heavy atom. The molecule has 0 bridgehead atoms. The zero-order valence-electron chi connectivity index (χ0n) is 16.3. The molecule has 0 aliphatic heterocycles. The van der Waals surface area contributed by atoms with Crippen LogP contribution in [0, 0.1) is 18.6 Å². The number of halogens is 2. The highest BCUT2D eigenvalue weighted by Gasteiger charge is 2.09. The topological polar surface area (TPSA) is 96.8 Å². The molecule has 0 aliphatic carbocycles. The van der Waals surface area contributed by atoms with Gasteiger partial charge in [-0.3, -0.25) is 4.57 Å². The van der Waals surface area contributed by atoms with Gasteiger partial charge in [0.25, 0.3) is 0 Å². The zero-order chi connectivity index (χ0) is 21.8. The summed E-state index contributed by atoms with van der Waals surface area (Å²) in [6, 6.07) is 10.9. The quantitative estimate of drug-likeness (QED) is 0.436. The van der Waals surface area contributed by atoms with Gasteiger partial charge in [0, 0.05) is 35.9 Å². The lowest BCUT2D eigenvalue weighted by atomic mass is 10.2. The van der Waals surface area contributed by atoms with Gasteiger partial charge in [0.1, 0.15) is 35.4 Å². The van der Waals surface area contributed by atoms with Gasteiger partial charge in [0.2, 0.25) is 0 Å². The van der Waals surface area contributed by atoms with Crippen LogP contribution in [0.3, 0.4) is 0 Å². The monoisotopic (exact) mass is 421 g/mol. The molecule has 0 radical (unpaired) electrons. The van der Waals surface area contributed by atoms with E-state index >= 15 is 0 Å². The highest BCUT2D eigenvalue weighted by atomic mass is 19.1. The highest BCUT2D eigenvalue weighted by Crippen LogP contribution is 2.20. The van der Waals surface area contributed by atoms with Crippen molar-refractivity contribution in [2.45, 2.75) is 6.92 Å². The number of aromatic nitrogens is 4. The summed E-state index contributed by atoms with van der Waals surface area (Å²) in [5.74, 6) is 0.293. The van der Waals surface area contributed by atoms with Crippen LogP contribution in [0.15, 0.2) is 67.3 Å². The van der Waals surface area contributed by atoms with E-state index in [1.165, 1.54) is 0 Å². The third-order valence-electron chi connectivity index (χ3n) is 4.19. The van der Waals surface area contributed by atoms with Crippen molar-refractivity contribution in [1.29, 1.82) is 0 Å². The summed E-state index contributed by atoms with van der Waals surface area (Å²) in [5, 5.41) is 8.10. The van der Waals surface area contributed by atoms with Gasteiger partial charge < -0.3 is 16.0 Å². The minimum Gasteiger partial charge on any atom is -0.340 e. The van der Waals surface area contributed by atoms with Crippen molar-refractivity contribution in [3.63, 3.8) is 0 Å². The molecule has 0 saturated heterocycles. The molecule has 10 heteroatoms. The summed E-state index contributed by atoms with van der Waals surface area (Å²) < 4.78 is 28.4. The van der Waals surface area contributed by atoms with Gasteiger partial charge in [-0.15, -0.1) is 0 Å². The average Bonchev–Trinajstić information content (AvgIpc) is 3.26. The summed E-state index contributed by atoms with van der Waals surface area (Å²) in [4.78, 5) is 24.8.